The van der Waals surface area contributed by atoms with Crippen LogP contribution in [0.1, 0.15) is 181 Å². The summed E-state index contributed by atoms with van der Waals surface area (Å²) in [5, 5.41) is 23.0. The highest BCUT2D eigenvalue weighted by atomic mass is 16.4. The Labute approximate surface area is 252 Å². The van der Waals surface area contributed by atoms with Crippen molar-refractivity contribution >= 4 is 17.8 Å². The summed E-state index contributed by atoms with van der Waals surface area (Å²) >= 11 is 0. The highest BCUT2D eigenvalue weighted by Gasteiger charge is 2.23. The summed E-state index contributed by atoms with van der Waals surface area (Å²) in [6.45, 7) is 14.1. The second kappa shape index (κ2) is 19.2. The lowest BCUT2D eigenvalue weighted by Crippen LogP contribution is -2.21. The molecule has 1 rings (SSSR count). The van der Waals surface area contributed by atoms with Crippen LogP contribution in [-0.4, -0.2) is 16.9 Å². The van der Waals surface area contributed by atoms with Gasteiger partial charge in [-0.15, -0.1) is 5.75 Å². The highest BCUT2D eigenvalue weighted by Crippen LogP contribution is 2.38. The molecule has 41 heavy (non-hydrogen) atoms. The quantitative estimate of drug-likeness (QED) is 0.0691. The Kier molecular flexibility index (Phi) is 17.3. The fraction of sp³-hybridized carbons (Fsp3) is 0.730. The van der Waals surface area contributed by atoms with E-state index in [1.54, 1.807) is 12.1 Å². The van der Waals surface area contributed by atoms with Gasteiger partial charge < -0.3 is 10.2 Å². The number of aliphatic carboxylic acids is 1. The van der Waals surface area contributed by atoms with E-state index in [2.05, 4.69) is 6.92 Å². The van der Waals surface area contributed by atoms with Crippen LogP contribution in [0.15, 0.2) is 17.7 Å². The van der Waals surface area contributed by atoms with Crippen molar-refractivity contribution in [3.05, 3.63) is 34.4 Å². The maximum Gasteiger partial charge on any atom is 0.339 e. The molecule has 4 heteroatoms. The van der Waals surface area contributed by atoms with E-state index >= 15 is 0 Å². The van der Waals surface area contributed by atoms with Gasteiger partial charge in [-0.05, 0) is 40.0 Å². The Hall–Kier alpha value is -2.10. The predicted molar refractivity (Wildman–Crippen MR) is 173 cm³/mol. The molecule has 0 spiro atoms. The standard InChI is InChI=1S/C37H62O4/c1-8-9-10-11-12-13-14-15-16-17-18-19-20-21-22-23-24-25-33(38)30(35(40)41)26-29-27-31(36(2,3)4)34(39)32(28-29)37(5,6)7/h26-28,39H,8-25H2,1-7H3,(H,40,41)/p-1/b30-26+. The van der Waals surface area contributed by atoms with Crippen LogP contribution in [0.5, 0.6) is 5.75 Å². The van der Waals surface area contributed by atoms with Crippen molar-refractivity contribution in [1.82, 2.24) is 0 Å². The second-order valence-electron chi connectivity index (χ2n) is 14.1. The van der Waals surface area contributed by atoms with E-state index in [0.717, 1.165) is 12.8 Å². The zero-order valence-electron chi connectivity index (χ0n) is 27.6. The van der Waals surface area contributed by atoms with E-state index in [4.69, 9.17) is 0 Å². The normalized spacial score (nSPS) is 12.6. The summed E-state index contributed by atoms with van der Waals surface area (Å²) < 4.78 is 0. The number of carbonyl (C=O) groups is 2. The number of carbonyl (C=O) groups excluding carboxylic acids is 1. The number of unbranched alkanes of at least 4 members (excludes halogenated alkanes) is 16. The molecule has 0 aliphatic carbocycles. The van der Waals surface area contributed by atoms with Crippen LogP contribution >= 0.6 is 0 Å². The summed E-state index contributed by atoms with van der Waals surface area (Å²) in [6.07, 6.45) is 23.3. The molecule has 0 bridgehead atoms. The van der Waals surface area contributed by atoms with Crippen molar-refractivity contribution in [2.45, 2.75) is 175 Å². The van der Waals surface area contributed by atoms with Crippen molar-refractivity contribution in [1.29, 1.82) is 0 Å². The van der Waals surface area contributed by atoms with Gasteiger partial charge in [-0.25, -0.2) is 4.79 Å². The average molecular weight is 570 g/mol. The number of hydrogen-bond acceptors (Lipinski definition) is 3. The van der Waals surface area contributed by atoms with Gasteiger partial charge in [0.1, 0.15) is 5.57 Å². The Bertz CT molecular complexity index is 908. The minimum absolute atomic E-state index is 0.00570. The minimum atomic E-state index is -1.21. The van der Waals surface area contributed by atoms with Gasteiger partial charge in [0.15, 0.2) is 5.78 Å². The Morgan fingerprint density at radius 3 is 1.32 bits per heavy atom. The lowest BCUT2D eigenvalue weighted by atomic mass is 9.78. The molecule has 0 saturated carbocycles. The smallest absolute Gasteiger partial charge is 0.339 e. The number of Topliss-reactive ketones (excluding diaryl/α,β-unsaturated/α-hetero) is 1. The summed E-state index contributed by atoms with van der Waals surface area (Å²) in [6, 6.07) is 3.51. The van der Waals surface area contributed by atoms with E-state index in [0.29, 0.717) is 23.1 Å². The van der Waals surface area contributed by atoms with Gasteiger partial charge in [0.05, 0.1) is 0 Å². The monoisotopic (exact) mass is 569 g/mol. The van der Waals surface area contributed by atoms with Gasteiger partial charge >= 0.3 is 5.97 Å². The maximum atomic E-state index is 13.1. The van der Waals surface area contributed by atoms with Crippen molar-refractivity contribution in [3.63, 3.8) is 0 Å². The first kappa shape index (κ1) is 36.9. The van der Waals surface area contributed by atoms with E-state index in [-0.39, 0.29) is 34.4 Å². The first-order valence-corrected chi connectivity index (χ1v) is 16.6. The molecule has 0 aliphatic heterocycles. The van der Waals surface area contributed by atoms with Crippen molar-refractivity contribution in [2.24, 2.45) is 0 Å². The van der Waals surface area contributed by atoms with Crippen LogP contribution in [0.2, 0.25) is 0 Å². The number of ketones is 1. The second-order valence-corrected chi connectivity index (χ2v) is 14.1. The van der Waals surface area contributed by atoms with Gasteiger partial charge in [0, 0.05) is 6.42 Å². The van der Waals surface area contributed by atoms with Crippen molar-refractivity contribution in [3.8, 4) is 5.75 Å². The molecule has 0 saturated heterocycles. The van der Waals surface area contributed by atoms with Crippen molar-refractivity contribution in [2.75, 3.05) is 0 Å². The molecule has 0 radical (unpaired) electrons. The number of hydrogen-bond donors (Lipinski definition) is 1. The van der Waals surface area contributed by atoms with Gasteiger partial charge in [-0.3, -0.25) is 4.79 Å². The predicted octanol–water partition coefficient (Wildman–Crippen LogP) is 10.4. The molecule has 1 aromatic carbocycles. The zero-order chi connectivity index (χ0) is 30.9. The van der Waals surface area contributed by atoms with E-state index in [9.17, 15) is 19.8 Å². The van der Waals surface area contributed by atoms with Crippen LogP contribution in [0.25, 0.3) is 6.08 Å². The minimum Gasteiger partial charge on any atom is -0.872 e. The Balaban J connectivity index is 2.43. The zero-order valence-corrected chi connectivity index (χ0v) is 27.6. The molecule has 0 fully saturated rings. The lowest BCUT2D eigenvalue weighted by molar-refractivity contribution is -0.271. The van der Waals surface area contributed by atoms with E-state index < -0.39 is 5.97 Å². The molecular weight excluding hydrogens is 508 g/mol. The molecule has 0 unspecified atom stereocenters. The molecule has 0 heterocycles. The number of benzene rings is 1. The van der Waals surface area contributed by atoms with Gasteiger partial charge in [0.2, 0.25) is 0 Å². The highest BCUT2D eigenvalue weighted by molar-refractivity contribution is 6.20. The van der Waals surface area contributed by atoms with Crippen LogP contribution in [0.4, 0.5) is 0 Å². The molecular formula is C37H61O4-. The molecule has 0 aromatic heterocycles. The third kappa shape index (κ3) is 15.1. The van der Waals surface area contributed by atoms with Gasteiger partial charge in [-0.2, -0.15) is 0 Å². The largest absolute Gasteiger partial charge is 0.872 e. The van der Waals surface area contributed by atoms with E-state index in [1.165, 1.54) is 96.0 Å². The summed E-state index contributed by atoms with van der Waals surface area (Å²) in [5.74, 6) is -1.55. The molecule has 1 aromatic rings. The lowest BCUT2D eigenvalue weighted by Gasteiger charge is -2.33. The van der Waals surface area contributed by atoms with E-state index in [1.807, 2.05) is 41.5 Å². The molecule has 0 amide bonds. The molecule has 1 N–H and O–H groups in total. The molecule has 4 nitrogen and oxygen atoms in total. The van der Waals surface area contributed by atoms with Gasteiger partial charge in [-0.1, -0.05) is 163 Å². The summed E-state index contributed by atoms with van der Waals surface area (Å²) in [4.78, 5) is 24.9. The van der Waals surface area contributed by atoms with Crippen LogP contribution in [-0.2, 0) is 20.4 Å². The fourth-order valence-electron chi connectivity index (χ4n) is 5.42. The number of carboxylic acid groups (broad SMARTS) is 1. The third-order valence-electron chi connectivity index (χ3n) is 8.08. The molecule has 0 aliphatic rings. The van der Waals surface area contributed by atoms with Gasteiger partial charge in [0.25, 0.3) is 0 Å². The summed E-state index contributed by atoms with van der Waals surface area (Å²) in [5.41, 5.74) is 0.916. The van der Waals surface area contributed by atoms with Crippen LogP contribution < -0.4 is 5.11 Å². The summed E-state index contributed by atoms with van der Waals surface area (Å²) in [7, 11) is 0. The van der Waals surface area contributed by atoms with Crippen molar-refractivity contribution < 1.29 is 19.8 Å². The number of rotatable bonds is 21. The third-order valence-corrected chi connectivity index (χ3v) is 8.08. The van der Waals surface area contributed by atoms with Crippen LogP contribution in [0.3, 0.4) is 0 Å². The van der Waals surface area contributed by atoms with Crippen LogP contribution in [0, 0.1) is 0 Å². The topological polar surface area (TPSA) is 77.4 Å². The fourth-order valence-corrected chi connectivity index (χ4v) is 5.42. The number of carboxylic acids is 1. The average Bonchev–Trinajstić information content (AvgIpc) is 2.88. The molecule has 234 valence electrons. The SMILES string of the molecule is CCCCCCCCCCCCCCCCCCCC(=O)/C(=C\c1cc(C(C)(C)C)c([O-])c(C(C)(C)C)c1)C(=O)O. The Morgan fingerprint density at radius 2 is 1.00 bits per heavy atom. The molecule has 0 atom stereocenters. The first-order chi connectivity index (χ1) is 19.3. The first-order valence-electron chi connectivity index (χ1n) is 16.6. The Morgan fingerprint density at radius 1 is 0.659 bits per heavy atom. The maximum absolute atomic E-state index is 13.1.